The molecular weight excluding hydrogens is 1460 g/mol. The summed E-state index contributed by atoms with van der Waals surface area (Å²) in [7, 11) is 0. The highest BCUT2D eigenvalue weighted by Crippen LogP contribution is 2.34. The van der Waals surface area contributed by atoms with Gasteiger partial charge in [-0.2, -0.15) is 0 Å². The van der Waals surface area contributed by atoms with Gasteiger partial charge in [-0.3, -0.25) is 0 Å². The zero-order valence-corrected chi connectivity index (χ0v) is 60.0. The van der Waals surface area contributed by atoms with Gasteiger partial charge < -0.3 is 47.5 Å². The highest BCUT2D eigenvalue weighted by Gasteiger charge is 2.19. The molecule has 5 aromatic carbocycles. The van der Waals surface area contributed by atoms with Gasteiger partial charge in [-0.05, 0) is 165 Å². The minimum atomic E-state index is -0.112. The molecule has 0 spiro atoms. The number of aryl methyl sites for hydroxylation is 5. The lowest BCUT2D eigenvalue weighted by atomic mass is 10.1. The lowest BCUT2D eigenvalue weighted by molar-refractivity contribution is 0.276. The van der Waals surface area contributed by atoms with Crippen molar-refractivity contribution >= 4 is 99.2 Å². The molecule has 0 amide bonds. The maximum Gasteiger partial charge on any atom is 0.140 e. The van der Waals surface area contributed by atoms with E-state index in [1.807, 2.05) is 188 Å². The molecule has 10 aromatic heterocycles. The monoisotopic (exact) mass is 1520 g/mol. The zero-order valence-electron chi connectivity index (χ0n) is 53.8. The lowest BCUT2D eigenvalue weighted by Gasteiger charge is -2.04. The molecule has 10 heterocycles. The summed E-state index contributed by atoms with van der Waals surface area (Å²) in [6.45, 7) is 10.1. The van der Waals surface area contributed by atoms with Gasteiger partial charge in [0, 0.05) is 77.2 Å². The molecule has 0 aliphatic carbocycles. The first-order chi connectivity index (χ1) is 47.0. The normalized spacial score (nSPS) is 11.1. The SMILES string of the molecule is CCc1ccn2c(CO)c(-c3ccc(Br)cc3)nc2c1.CCc1ccn2c(CO)c(-c3ccc(C)cc3)nc2c1.Cc1cccn2c(CO)c(-c3ccc(Br)cc3)nc12.Cc1ccn2c(CO)c(-c3ccc(Br)cc3)nc2c1.OCc1c(-c2ccc(Cl)cc2Cl)nc2ccccn12. The summed E-state index contributed by atoms with van der Waals surface area (Å²) in [6, 6.07) is 59.4. The number of aliphatic hydroxyl groups excluding tert-OH is 5. The molecule has 0 fully saturated rings. The maximum atomic E-state index is 9.69. The first-order valence-corrected chi connectivity index (χ1v) is 34.4. The van der Waals surface area contributed by atoms with Crippen LogP contribution in [0.2, 0.25) is 10.0 Å². The number of pyridine rings is 5. The fourth-order valence-electron chi connectivity index (χ4n) is 11.3. The van der Waals surface area contributed by atoms with Crippen molar-refractivity contribution in [3.63, 3.8) is 0 Å². The predicted molar refractivity (Wildman–Crippen MR) is 399 cm³/mol. The Kier molecular flexibility index (Phi) is 22.8. The Morgan fingerprint density at radius 2 is 0.742 bits per heavy atom. The fraction of sp³-hybridized carbons (Fsp3) is 0.156. The summed E-state index contributed by atoms with van der Waals surface area (Å²) in [5, 5.41) is 49.3. The second kappa shape index (κ2) is 31.7. The molecule has 0 radical (unpaired) electrons. The van der Waals surface area contributed by atoms with E-state index < -0.39 is 0 Å². The van der Waals surface area contributed by atoms with Crippen LogP contribution in [-0.4, -0.2) is 72.5 Å². The van der Waals surface area contributed by atoms with Crippen LogP contribution in [0.3, 0.4) is 0 Å². The topological polar surface area (TPSA) is 188 Å². The second-order valence-electron chi connectivity index (χ2n) is 22.8. The molecule has 0 aliphatic heterocycles. The Labute approximate surface area is 596 Å². The van der Waals surface area contributed by atoms with Crippen LogP contribution in [0.5, 0.6) is 0 Å². The van der Waals surface area contributed by atoms with Crippen molar-refractivity contribution in [2.75, 3.05) is 0 Å². The number of imidazole rings is 5. The molecule has 15 aromatic rings. The quantitative estimate of drug-likeness (QED) is 0.0788. The third-order valence-electron chi connectivity index (χ3n) is 16.5. The van der Waals surface area contributed by atoms with E-state index in [-0.39, 0.29) is 33.0 Å². The summed E-state index contributed by atoms with van der Waals surface area (Å²) in [5.74, 6) is 0. The van der Waals surface area contributed by atoms with Gasteiger partial charge in [-0.15, -0.1) is 0 Å². The highest BCUT2D eigenvalue weighted by atomic mass is 79.9. The largest absolute Gasteiger partial charge is 0.390 e. The van der Waals surface area contributed by atoms with Crippen LogP contribution >= 0.6 is 71.0 Å². The molecule has 0 saturated heterocycles. The fourth-order valence-corrected chi connectivity index (χ4v) is 12.6. The van der Waals surface area contributed by atoms with Crippen LogP contribution in [0, 0.1) is 20.8 Å². The van der Waals surface area contributed by atoms with Crippen LogP contribution in [0.4, 0.5) is 0 Å². The van der Waals surface area contributed by atoms with Crippen LogP contribution < -0.4 is 0 Å². The number of benzene rings is 5. The van der Waals surface area contributed by atoms with Gasteiger partial charge in [0.2, 0.25) is 0 Å². The van der Waals surface area contributed by atoms with Gasteiger partial charge in [0.25, 0.3) is 0 Å². The van der Waals surface area contributed by atoms with Crippen LogP contribution in [-0.2, 0) is 45.9 Å². The van der Waals surface area contributed by atoms with Crippen molar-refractivity contribution < 1.29 is 25.5 Å². The van der Waals surface area contributed by atoms with E-state index in [9.17, 15) is 25.5 Å². The van der Waals surface area contributed by atoms with E-state index in [0.29, 0.717) is 21.4 Å². The number of aromatic nitrogens is 10. The molecule has 492 valence electrons. The highest BCUT2D eigenvalue weighted by molar-refractivity contribution is 9.11. The van der Waals surface area contributed by atoms with E-state index in [2.05, 4.69) is 137 Å². The summed E-state index contributed by atoms with van der Waals surface area (Å²) in [6.07, 6.45) is 11.7. The Morgan fingerprint density at radius 3 is 1.20 bits per heavy atom. The predicted octanol–water partition coefficient (Wildman–Crippen LogP) is 18.1. The summed E-state index contributed by atoms with van der Waals surface area (Å²) >= 11 is 22.4. The van der Waals surface area contributed by atoms with Crippen LogP contribution in [0.25, 0.3) is 84.5 Å². The number of aliphatic hydroxyl groups is 5. The molecular formula is C77H69Br3Cl2N10O5. The number of fused-ring (bicyclic) bond motifs is 5. The summed E-state index contributed by atoms with van der Waals surface area (Å²) in [5.41, 5.74) is 23.2. The first-order valence-electron chi connectivity index (χ1n) is 31.3. The number of hydrogen-bond acceptors (Lipinski definition) is 10. The number of rotatable bonds is 12. The number of nitrogens with zero attached hydrogens (tertiary/aromatic N) is 10. The molecule has 0 saturated carbocycles. The number of halogens is 5. The van der Waals surface area contributed by atoms with Gasteiger partial charge in [-0.1, -0.05) is 163 Å². The lowest BCUT2D eigenvalue weighted by Crippen LogP contribution is -1.94. The van der Waals surface area contributed by atoms with Gasteiger partial charge >= 0.3 is 0 Å². The smallest absolute Gasteiger partial charge is 0.140 e. The Bertz CT molecular complexity index is 5090. The Morgan fingerprint density at radius 1 is 0.351 bits per heavy atom. The molecule has 0 unspecified atom stereocenters. The second-order valence-corrected chi connectivity index (χ2v) is 26.4. The van der Waals surface area contributed by atoms with Gasteiger partial charge in [0.1, 0.15) is 28.2 Å². The van der Waals surface area contributed by atoms with E-state index in [0.717, 1.165) is 139 Å². The van der Waals surface area contributed by atoms with Crippen molar-refractivity contribution in [1.82, 2.24) is 46.9 Å². The zero-order chi connectivity index (χ0) is 68.4. The van der Waals surface area contributed by atoms with Gasteiger partial charge in [0.05, 0.1) is 95.0 Å². The molecule has 0 atom stereocenters. The molecule has 5 N–H and O–H groups in total. The Hall–Kier alpha value is -8.63. The van der Waals surface area contributed by atoms with E-state index >= 15 is 0 Å². The van der Waals surface area contributed by atoms with Crippen LogP contribution in [0.1, 0.15) is 70.1 Å². The van der Waals surface area contributed by atoms with Crippen LogP contribution in [0.15, 0.2) is 226 Å². The van der Waals surface area contributed by atoms with E-state index in [1.54, 1.807) is 12.1 Å². The van der Waals surface area contributed by atoms with Crippen molar-refractivity contribution in [2.24, 2.45) is 0 Å². The third kappa shape index (κ3) is 15.5. The standard InChI is InChI=1S/C17H18N2O.C16H15BrN2O.2C15H13BrN2O.C14H10Cl2N2O/c1-3-13-8-9-19-15(11-20)17(18-16(19)10-13)14-6-4-12(2)5-7-14;1-2-11-7-8-19-14(10-20)16(18-15(19)9-11)12-3-5-13(17)6-4-12;1-10-6-7-18-13(9-19)15(17-14(18)8-10)11-2-4-12(16)5-3-11;1-10-3-2-8-18-13(9-19)14(17-15(10)18)11-4-6-12(16)7-5-11;15-9-4-5-10(11(16)7-9)14-12(8-19)18-6-2-1-3-13(18)17-14/h4-10,20H,3,11H2,1-2H3;3-9,20H,2,10H2,1H3;2*2-8,19H,9H2,1H3;1-7,19H,8H2. The summed E-state index contributed by atoms with van der Waals surface area (Å²) in [4.78, 5) is 23.2. The van der Waals surface area contributed by atoms with E-state index in [1.165, 1.54) is 16.7 Å². The maximum absolute atomic E-state index is 9.69. The third-order valence-corrected chi connectivity index (χ3v) is 18.6. The van der Waals surface area contributed by atoms with Crippen molar-refractivity contribution in [2.45, 2.75) is 80.5 Å². The van der Waals surface area contributed by atoms with Crippen molar-refractivity contribution in [3.8, 4) is 56.3 Å². The molecule has 20 heteroatoms. The first kappa shape index (κ1) is 69.7. The molecule has 0 aliphatic rings. The summed E-state index contributed by atoms with van der Waals surface area (Å²) < 4.78 is 12.7. The Balaban J connectivity index is 0.000000123. The van der Waals surface area contributed by atoms with Crippen molar-refractivity contribution in [1.29, 1.82) is 0 Å². The minimum absolute atomic E-state index is 0.0180. The molecule has 97 heavy (non-hydrogen) atoms. The van der Waals surface area contributed by atoms with Crippen molar-refractivity contribution in [3.05, 3.63) is 293 Å². The molecule has 0 bridgehead atoms. The number of hydrogen-bond donors (Lipinski definition) is 5. The van der Waals surface area contributed by atoms with Gasteiger partial charge in [0.15, 0.2) is 0 Å². The average Bonchev–Trinajstić information content (AvgIpc) is 1.68. The molecule has 15 nitrogen and oxygen atoms in total. The van der Waals surface area contributed by atoms with E-state index in [4.69, 9.17) is 28.2 Å². The molecule has 15 rings (SSSR count). The van der Waals surface area contributed by atoms with Gasteiger partial charge in [-0.25, -0.2) is 24.9 Å². The minimum Gasteiger partial charge on any atom is -0.390 e. The average molecular weight is 1530 g/mol.